The molecule has 5 nitrogen and oxygen atoms in total. The van der Waals surface area contributed by atoms with Gasteiger partial charge in [-0.3, -0.25) is 4.90 Å². The van der Waals surface area contributed by atoms with Crippen LogP contribution in [-0.2, 0) is 20.8 Å². The molecule has 1 saturated heterocycles. The van der Waals surface area contributed by atoms with Crippen LogP contribution in [0.3, 0.4) is 0 Å². The van der Waals surface area contributed by atoms with Crippen molar-refractivity contribution in [1.82, 2.24) is 4.90 Å². The zero-order valence-corrected chi connectivity index (χ0v) is 13.0. The summed E-state index contributed by atoms with van der Waals surface area (Å²) in [4.78, 5) is 13.7. The maximum absolute atomic E-state index is 11.4. The second kappa shape index (κ2) is 6.27. The van der Waals surface area contributed by atoms with Crippen molar-refractivity contribution in [2.75, 3.05) is 26.3 Å². The summed E-state index contributed by atoms with van der Waals surface area (Å²) in [6.07, 6.45) is -1.20. The summed E-state index contributed by atoms with van der Waals surface area (Å²) in [5.74, 6) is -0.533. The van der Waals surface area contributed by atoms with Crippen molar-refractivity contribution in [3.8, 4) is 0 Å². The Hall–Kier alpha value is -1.21. The standard InChI is InChI=1S/C15H16BrNO4/c16-13-12(14(18)21-15(13)19)11-3-1-10(2-4-11)9-17-5-7-20-8-6-17/h1-4,14,18H,5-9H2. The number of benzene rings is 1. The molecule has 112 valence electrons. The Morgan fingerprint density at radius 2 is 1.90 bits per heavy atom. The molecule has 1 aromatic carbocycles. The maximum Gasteiger partial charge on any atom is 0.348 e. The highest BCUT2D eigenvalue weighted by molar-refractivity contribution is 9.12. The number of hydrogen-bond acceptors (Lipinski definition) is 5. The molecule has 1 unspecified atom stereocenters. The molecule has 1 atom stereocenters. The second-order valence-corrected chi connectivity index (χ2v) is 5.86. The van der Waals surface area contributed by atoms with Crippen LogP contribution in [0.4, 0.5) is 0 Å². The van der Waals surface area contributed by atoms with Crippen LogP contribution in [0, 0.1) is 0 Å². The Morgan fingerprint density at radius 1 is 1.24 bits per heavy atom. The number of rotatable bonds is 3. The maximum atomic E-state index is 11.4. The van der Waals surface area contributed by atoms with E-state index in [0.717, 1.165) is 38.4 Å². The molecule has 1 fully saturated rings. The molecule has 0 aromatic heterocycles. The van der Waals surface area contributed by atoms with Gasteiger partial charge in [0.05, 0.1) is 13.2 Å². The van der Waals surface area contributed by atoms with Crippen LogP contribution in [0.5, 0.6) is 0 Å². The SMILES string of the molecule is O=C1OC(O)C(c2ccc(CN3CCOCC3)cc2)=C1Br. The van der Waals surface area contributed by atoms with E-state index in [1.165, 1.54) is 5.56 Å². The van der Waals surface area contributed by atoms with E-state index in [1.807, 2.05) is 24.3 Å². The van der Waals surface area contributed by atoms with Crippen molar-refractivity contribution in [1.29, 1.82) is 0 Å². The summed E-state index contributed by atoms with van der Waals surface area (Å²) in [5, 5.41) is 9.76. The van der Waals surface area contributed by atoms with Crippen molar-refractivity contribution in [3.05, 3.63) is 39.9 Å². The normalized spacial score (nSPS) is 23.5. The number of esters is 1. The lowest BCUT2D eigenvalue weighted by Gasteiger charge is -2.26. The van der Waals surface area contributed by atoms with Gasteiger partial charge in [-0.05, 0) is 27.1 Å². The first-order valence-corrected chi connectivity index (χ1v) is 7.62. The molecule has 1 N–H and O–H groups in total. The molecular weight excluding hydrogens is 338 g/mol. The third-order valence-electron chi connectivity index (χ3n) is 3.66. The van der Waals surface area contributed by atoms with E-state index in [0.29, 0.717) is 5.57 Å². The zero-order valence-electron chi connectivity index (χ0n) is 11.4. The second-order valence-electron chi connectivity index (χ2n) is 5.07. The molecular formula is C15H16BrNO4. The van der Waals surface area contributed by atoms with Crippen molar-refractivity contribution >= 4 is 27.5 Å². The first-order chi connectivity index (χ1) is 10.1. The van der Waals surface area contributed by atoms with Crippen LogP contribution in [0.1, 0.15) is 11.1 Å². The van der Waals surface area contributed by atoms with Gasteiger partial charge in [0.25, 0.3) is 0 Å². The lowest BCUT2D eigenvalue weighted by Crippen LogP contribution is -2.35. The largest absolute Gasteiger partial charge is 0.427 e. The highest BCUT2D eigenvalue weighted by atomic mass is 79.9. The fraction of sp³-hybridized carbons (Fsp3) is 0.400. The number of morpholine rings is 1. The molecule has 0 bridgehead atoms. The third kappa shape index (κ3) is 3.18. The summed E-state index contributed by atoms with van der Waals surface area (Å²) >= 11 is 3.17. The van der Waals surface area contributed by atoms with Crippen LogP contribution >= 0.6 is 15.9 Å². The zero-order chi connectivity index (χ0) is 14.8. The number of cyclic esters (lactones) is 1. The summed E-state index contributed by atoms with van der Waals surface area (Å²) in [6.45, 7) is 4.33. The summed E-state index contributed by atoms with van der Waals surface area (Å²) in [6, 6.07) is 7.82. The van der Waals surface area contributed by atoms with Crippen molar-refractivity contribution in [2.45, 2.75) is 12.8 Å². The van der Waals surface area contributed by atoms with Crippen molar-refractivity contribution < 1.29 is 19.4 Å². The predicted molar refractivity (Wildman–Crippen MR) is 80.5 cm³/mol. The minimum atomic E-state index is -1.20. The molecule has 21 heavy (non-hydrogen) atoms. The highest BCUT2D eigenvalue weighted by Crippen LogP contribution is 2.33. The van der Waals surface area contributed by atoms with E-state index in [4.69, 9.17) is 9.47 Å². The van der Waals surface area contributed by atoms with Gasteiger partial charge in [0.15, 0.2) is 0 Å². The van der Waals surface area contributed by atoms with Crippen LogP contribution in [-0.4, -0.2) is 48.6 Å². The van der Waals surface area contributed by atoms with E-state index in [9.17, 15) is 9.90 Å². The number of aliphatic hydroxyl groups is 1. The lowest BCUT2D eigenvalue weighted by molar-refractivity contribution is -0.149. The van der Waals surface area contributed by atoms with Crippen molar-refractivity contribution in [2.24, 2.45) is 0 Å². The topological polar surface area (TPSA) is 59.0 Å². The van der Waals surface area contributed by atoms with Gasteiger partial charge in [0.1, 0.15) is 4.48 Å². The molecule has 6 heteroatoms. The summed E-state index contributed by atoms with van der Waals surface area (Å²) in [7, 11) is 0. The number of hydrogen-bond donors (Lipinski definition) is 1. The van der Waals surface area contributed by atoms with E-state index in [2.05, 4.69) is 20.8 Å². The Balaban J connectivity index is 1.73. The van der Waals surface area contributed by atoms with Gasteiger partial charge in [0.2, 0.25) is 6.29 Å². The average Bonchev–Trinajstić information content (AvgIpc) is 2.74. The molecule has 2 heterocycles. The van der Waals surface area contributed by atoms with E-state index >= 15 is 0 Å². The number of aliphatic hydroxyl groups excluding tert-OH is 1. The van der Waals surface area contributed by atoms with Gasteiger partial charge < -0.3 is 14.6 Å². The average molecular weight is 354 g/mol. The van der Waals surface area contributed by atoms with Crippen LogP contribution in [0.2, 0.25) is 0 Å². The molecule has 2 aliphatic rings. The highest BCUT2D eigenvalue weighted by Gasteiger charge is 2.32. The quantitative estimate of drug-likeness (QED) is 0.834. The lowest BCUT2D eigenvalue weighted by atomic mass is 10.0. The van der Waals surface area contributed by atoms with Crippen LogP contribution in [0.15, 0.2) is 28.7 Å². The first kappa shape index (κ1) is 14.7. The van der Waals surface area contributed by atoms with Crippen LogP contribution in [0.25, 0.3) is 5.57 Å². The fourth-order valence-corrected chi connectivity index (χ4v) is 3.03. The van der Waals surface area contributed by atoms with E-state index in [1.54, 1.807) is 0 Å². The Labute approximate surface area is 131 Å². The number of carbonyl (C=O) groups excluding carboxylic acids is 1. The molecule has 0 spiro atoms. The number of carbonyl (C=O) groups is 1. The van der Waals surface area contributed by atoms with Gasteiger partial charge >= 0.3 is 5.97 Å². The van der Waals surface area contributed by atoms with Gasteiger partial charge in [-0.1, -0.05) is 24.3 Å². The van der Waals surface area contributed by atoms with Gasteiger partial charge in [-0.2, -0.15) is 0 Å². The van der Waals surface area contributed by atoms with Gasteiger partial charge in [-0.25, -0.2) is 4.79 Å². The van der Waals surface area contributed by atoms with Gasteiger partial charge in [-0.15, -0.1) is 0 Å². The smallest absolute Gasteiger partial charge is 0.348 e. The van der Waals surface area contributed by atoms with E-state index in [-0.39, 0.29) is 4.48 Å². The number of ether oxygens (including phenoxy) is 2. The molecule has 2 aliphatic heterocycles. The number of halogens is 1. The van der Waals surface area contributed by atoms with Crippen molar-refractivity contribution in [3.63, 3.8) is 0 Å². The first-order valence-electron chi connectivity index (χ1n) is 6.83. The minimum Gasteiger partial charge on any atom is -0.427 e. The third-order valence-corrected chi connectivity index (χ3v) is 4.41. The Morgan fingerprint density at radius 3 is 2.48 bits per heavy atom. The Kier molecular flexibility index (Phi) is 4.40. The predicted octanol–water partition coefficient (Wildman–Crippen LogP) is 1.50. The summed E-state index contributed by atoms with van der Waals surface area (Å²) in [5.41, 5.74) is 2.46. The van der Waals surface area contributed by atoms with Gasteiger partial charge in [0, 0.05) is 25.2 Å². The summed E-state index contributed by atoms with van der Waals surface area (Å²) < 4.78 is 10.4. The van der Waals surface area contributed by atoms with E-state index < -0.39 is 12.3 Å². The fourth-order valence-electron chi connectivity index (χ4n) is 2.51. The molecule has 3 rings (SSSR count). The molecule has 0 radical (unpaired) electrons. The molecule has 1 aromatic rings. The monoisotopic (exact) mass is 353 g/mol. The Bertz CT molecular complexity index is 564. The molecule has 0 amide bonds. The minimum absolute atomic E-state index is 0.288. The number of nitrogens with zero attached hydrogens (tertiary/aromatic N) is 1. The molecule has 0 aliphatic carbocycles. The van der Waals surface area contributed by atoms with Crippen LogP contribution < -0.4 is 0 Å². The molecule has 0 saturated carbocycles.